The van der Waals surface area contributed by atoms with Crippen LogP contribution in [0.5, 0.6) is 5.75 Å². The second-order valence-electron chi connectivity index (χ2n) is 5.55. The van der Waals surface area contributed by atoms with Gasteiger partial charge in [0, 0.05) is 0 Å². The van der Waals surface area contributed by atoms with Crippen molar-refractivity contribution in [3.8, 4) is 5.75 Å². The van der Waals surface area contributed by atoms with Crippen molar-refractivity contribution in [3.63, 3.8) is 0 Å². The van der Waals surface area contributed by atoms with E-state index in [2.05, 4.69) is 0 Å². The second kappa shape index (κ2) is 6.22. The molecule has 0 spiro atoms. The number of fused-ring (bicyclic) bond motifs is 1. The molecule has 0 aliphatic carbocycles. The predicted octanol–water partition coefficient (Wildman–Crippen LogP) is 2.03. The van der Waals surface area contributed by atoms with Gasteiger partial charge in [-0.25, -0.2) is 0 Å². The van der Waals surface area contributed by atoms with E-state index in [-0.39, 0.29) is 25.0 Å². The van der Waals surface area contributed by atoms with E-state index in [1.807, 2.05) is 25.1 Å². The van der Waals surface area contributed by atoms with Crippen LogP contribution < -0.4 is 4.74 Å². The van der Waals surface area contributed by atoms with Crippen LogP contribution in [0.15, 0.2) is 48.5 Å². The first-order valence-corrected chi connectivity index (χ1v) is 7.39. The molecule has 0 bridgehead atoms. The van der Waals surface area contributed by atoms with Gasteiger partial charge in [0.15, 0.2) is 0 Å². The fourth-order valence-corrected chi connectivity index (χ4v) is 2.57. The number of nitrogens with zero attached hydrogens (tertiary/aromatic N) is 1. The molecule has 5 heteroatoms. The molecule has 0 aromatic heterocycles. The van der Waals surface area contributed by atoms with Crippen LogP contribution in [0, 0.1) is 6.92 Å². The van der Waals surface area contributed by atoms with Gasteiger partial charge in [0.2, 0.25) is 0 Å². The maximum absolute atomic E-state index is 12.2. The molecule has 1 unspecified atom stereocenters. The number of hydrogen-bond acceptors (Lipinski definition) is 4. The van der Waals surface area contributed by atoms with Gasteiger partial charge in [0.25, 0.3) is 11.8 Å². The molecule has 2 aromatic carbocycles. The Morgan fingerprint density at radius 2 is 1.70 bits per heavy atom. The average Bonchev–Trinajstić information content (AvgIpc) is 2.79. The Labute approximate surface area is 134 Å². The molecular weight excluding hydrogens is 294 g/mol. The molecule has 118 valence electrons. The molecule has 23 heavy (non-hydrogen) atoms. The number of benzene rings is 2. The largest absolute Gasteiger partial charge is 0.491 e. The zero-order valence-electron chi connectivity index (χ0n) is 12.7. The number of imide groups is 1. The SMILES string of the molecule is Cc1cccc(OCC(O)CN2C(=O)c3ccccc3C2=O)c1. The summed E-state index contributed by atoms with van der Waals surface area (Å²) in [5.74, 6) is -0.105. The lowest BCUT2D eigenvalue weighted by molar-refractivity contribution is 0.0457. The zero-order chi connectivity index (χ0) is 16.4. The van der Waals surface area contributed by atoms with Crippen molar-refractivity contribution in [1.29, 1.82) is 0 Å². The van der Waals surface area contributed by atoms with Gasteiger partial charge in [-0.1, -0.05) is 24.3 Å². The van der Waals surface area contributed by atoms with E-state index in [4.69, 9.17) is 4.74 Å². The van der Waals surface area contributed by atoms with Crippen LogP contribution in [0.3, 0.4) is 0 Å². The lowest BCUT2D eigenvalue weighted by Crippen LogP contribution is -2.39. The Bertz CT molecular complexity index is 721. The maximum Gasteiger partial charge on any atom is 0.261 e. The van der Waals surface area contributed by atoms with Crippen LogP contribution in [0.1, 0.15) is 26.3 Å². The molecule has 1 N–H and O–H groups in total. The van der Waals surface area contributed by atoms with Crippen LogP contribution in [-0.4, -0.2) is 41.1 Å². The zero-order valence-corrected chi connectivity index (χ0v) is 12.7. The molecule has 0 fully saturated rings. The van der Waals surface area contributed by atoms with Crippen molar-refractivity contribution in [2.45, 2.75) is 13.0 Å². The fourth-order valence-electron chi connectivity index (χ4n) is 2.57. The predicted molar refractivity (Wildman–Crippen MR) is 84.5 cm³/mol. The van der Waals surface area contributed by atoms with E-state index in [1.54, 1.807) is 30.3 Å². The molecule has 0 saturated carbocycles. The van der Waals surface area contributed by atoms with Gasteiger partial charge in [-0.15, -0.1) is 0 Å². The van der Waals surface area contributed by atoms with Crippen molar-refractivity contribution >= 4 is 11.8 Å². The first-order valence-electron chi connectivity index (χ1n) is 7.39. The average molecular weight is 311 g/mol. The number of carbonyl (C=O) groups is 2. The Kier molecular flexibility index (Phi) is 4.12. The van der Waals surface area contributed by atoms with Crippen molar-refractivity contribution in [2.75, 3.05) is 13.2 Å². The van der Waals surface area contributed by atoms with Gasteiger partial charge in [0.1, 0.15) is 18.5 Å². The highest BCUT2D eigenvalue weighted by molar-refractivity contribution is 6.21. The molecule has 5 nitrogen and oxygen atoms in total. The summed E-state index contributed by atoms with van der Waals surface area (Å²) in [6, 6.07) is 14.1. The molecule has 1 atom stereocenters. The first kappa shape index (κ1) is 15.2. The third-order valence-electron chi connectivity index (χ3n) is 3.70. The number of aryl methyl sites for hydroxylation is 1. The van der Waals surface area contributed by atoms with Crippen molar-refractivity contribution in [3.05, 3.63) is 65.2 Å². The van der Waals surface area contributed by atoms with Gasteiger partial charge < -0.3 is 9.84 Å². The normalized spacial score (nSPS) is 14.8. The number of amides is 2. The van der Waals surface area contributed by atoms with Gasteiger partial charge in [-0.05, 0) is 36.8 Å². The smallest absolute Gasteiger partial charge is 0.261 e. The summed E-state index contributed by atoms with van der Waals surface area (Å²) in [5, 5.41) is 10.1. The third-order valence-corrected chi connectivity index (χ3v) is 3.70. The van der Waals surface area contributed by atoms with E-state index < -0.39 is 6.10 Å². The molecule has 1 aliphatic rings. The van der Waals surface area contributed by atoms with Gasteiger partial charge >= 0.3 is 0 Å². The van der Waals surface area contributed by atoms with Crippen LogP contribution in [0.25, 0.3) is 0 Å². The van der Waals surface area contributed by atoms with E-state index in [0.29, 0.717) is 16.9 Å². The maximum atomic E-state index is 12.2. The van der Waals surface area contributed by atoms with Gasteiger partial charge in [-0.2, -0.15) is 0 Å². The summed E-state index contributed by atoms with van der Waals surface area (Å²) in [6.45, 7) is 1.87. The molecule has 3 rings (SSSR count). The molecule has 0 saturated heterocycles. The van der Waals surface area contributed by atoms with E-state index in [9.17, 15) is 14.7 Å². The Morgan fingerprint density at radius 3 is 2.30 bits per heavy atom. The molecule has 2 amide bonds. The van der Waals surface area contributed by atoms with E-state index >= 15 is 0 Å². The number of carbonyl (C=O) groups excluding carboxylic acids is 2. The highest BCUT2D eigenvalue weighted by Crippen LogP contribution is 2.22. The van der Waals surface area contributed by atoms with Crippen LogP contribution >= 0.6 is 0 Å². The Hall–Kier alpha value is -2.66. The molecule has 1 heterocycles. The lowest BCUT2D eigenvalue weighted by atomic mass is 10.1. The Balaban J connectivity index is 1.62. The molecule has 2 aromatic rings. The standard InChI is InChI=1S/C18H17NO4/c1-12-5-4-6-14(9-12)23-11-13(20)10-19-17(21)15-7-2-3-8-16(15)18(19)22/h2-9,13,20H,10-11H2,1H3. The van der Waals surface area contributed by atoms with Gasteiger partial charge in [0.05, 0.1) is 17.7 Å². The van der Waals surface area contributed by atoms with E-state index in [1.165, 1.54) is 0 Å². The van der Waals surface area contributed by atoms with Crippen molar-refractivity contribution in [2.24, 2.45) is 0 Å². The topological polar surface area (TPSA) is 66.8 Å². The molecular formula is C18H17NO4. The monoisotopic (exact) mass is 311 g/mol. The Morgan fingerprint density at radius 1 is 1.04 bits per heavy atom. The van der Waals surface area contributed by atoms with Crippen LogP contribution in [0.4, 0.5) is 0 Å². The van der Waals surface area contributed by atoms with Gasteiger partial charge in [-0.3, -0.25) is 14.5 Å². The number of aliphatic hydroxyl groups excluding tert-OH is 1. The minimum Gasteiger partial charge on any atom is -0.491 e. The van der Waals surface area contributed by atoms with Crippen LogP contribution in [0.2, 0.25) is 0 Å². The summed E-state index contributed by atoms with van der Waals surface area (Å²) in [6.07, 6.45) is -0.947. The summed E-state index contributed by atoms with van der Waals surface area (Å²) in [5.41, 5.74) is 1.81. The summed E-state index contributed by atoms with van der Waals surface area (Å²) in [4.78, 5) is 25.5. The lowest BCUT2D eigenvalue weighted by Gasteiger charge is -2.19. The first-order chi connectivity index (χ1) is 11.1. The minimum atomic E-state index is -0.947. The quantitative estimate of drug-likeness (QED) is 0.858. The fraction of sp³-hybridized carbons (Fsp3) is 0.222. The summed E-state index contributed by atoms with van der Waals surface area (Å²) in [7, 11) is 0. The van der Waals surface area contributed by atoms with Crippen molar-refractivity contribution < 1.29 is 19.4 Å². The number of ether oxygens (including phenoxy) is 1. The highest BCUT2D eigenvalue weighted by Gasteiger charge is 2.36. The highest BCUT2D eigenvalue weighted by atomic mass is 16.5. The van der Waals surface area contributed by atoms with E-state index in [0.717, 1.165) is 10.5 Å². The number of hydrogen-bond donors (Lipinski definition) is 1. The molecule has 1 aliphatic heterocycles. The third kappa shape index (κ3) is 3.10. The number of rotatable bonds is 5. The van der Waals surface area contributed by atoms with Crippen LogP contribution in [-0.2, 0) is 0 Å². The second-order valence-corrected chi connectivity index (χ2v) is 5.55. The number of β-amino-alcohol motifs (C(OH)–C–C–N with tert-alkyl or cyclic N) is 1. The van der Waals surface area contributed by atoms with Crippen molar-refractivity contribution in [1.82, 2.24) is 4.90 Å². The minimum absolute atomic E-state index is 0.0108. The number of aliphatic hydroxyl groups is 1. The molecule has 0 radical (unpaired) electrons. The summed E-state index contributed by atoms with van der Waals surface area (Å²) < 4.78 is 5.51. The summed E-state index contributed by atoms with van der Waals surface area (Å²) >= 11 is 0.